The minimum atomic E-state index is 0.706. The van der Waals surface area contributed by atoms with E-state index in [1.54, 1.807) is 0 Å². The fourth-order valence-electron chi connectivity index (χ4n) is 1.43. The van der Waals surface area contributed by atoms with Crippen LogP contribution in [0.2, 0.25) is 0 Å². The third-order valence-electron chi connectivity index (χ3n) is 2.00. The molecule has 0 spiro atoms. The van der Waals surface area contributed by atoms with Crippen LogP contribution in [0.25, 0.3) is 11.3 Å². The third-order valence-corrected chi connectivity index (χ3v) is 2.49. The lowest BCUT2D eigenvalue weighted by atomic mass is 10.1. The lowest BCUT2D eigenvalue weighted by Crippen LogP contribution is -1.80. The van der Waals surface area contributed by atoms with E-state index in [0.29, 0.717) is 5.89 Å². The minimum absolute atomic E-state index is 0.706. The lowest BCUT2D eigenvalue weighted by Gasteiger charge is -1.97. The Morgan fingerprint density at radius 2 is 2.07 bits per heavy atom. The number of hydrogen-bond donors (Lipinski definition) is 0. The van der Waals surface area contributed by atoms with E-state index in [0.717, 1.165) is 21.5 Å². The average molecular weight is 252 g/mol. The van der Waals surface area contributed by atoms with Gasteiger partial charge in [-0.2, -0.15) is 0 Å². The van der Waals surface area contributed by atoms with Crippen molar-refractivity contribution >= 4 is 15.9 Å². The van der Waals surface area contributed by atoms with Crippen molar-refractivity contribution in [1.29, 1.82) is 0 Å². The van der Waals surface area contributed by atoms with Gasteiger partial charge in [-0.15, -0.1) is 0 Å². The zero-order valence-corrected chi connectivity index (χ0v) is 9.63. The van der Waals surface area contributed by atoms with E-state index < -0.39 is 0 Å². The number of hydrogen-bond acceptors (Lipinski definition) is 2. The van der Waals surface area contributed by atoms with Gasteiger partial charge < -0.3 is 4.42 Å². The van der Waals surface area contributed by atoms with Gasteiger partial charge in [0.1, 0.15) is 11.5 Å². The Labute approximate surface area is 91.1 Å². The van der Waals surface area contributed by atoms with Crippen LogP contribution in [-0.2, 0) is 0 Å². The predicted molar refractivity (Wildman–Crippen MR) is 59.1 cm³/mol. The van der Waals surface area contributed by atoms with Crippen LogP contribution in [0, 0.1) is 13.8 Å². The first-order valence-corrected chi connectivity index (χ1v) is 5.16. The van der Waals surface area contributed by atoms with Crippen molar-refractivity contribution in [3.63, 3.8) is 0 Å². The van der Waals surface area contributed by atoms with Crippen LogP contribution < -0.4 is 0 Å². The lowest BCUT2D eigenvalue weighted by molar-refractivity contribution is 0.495. The van der Waals surface area contributed by atoms with Gasteiger partial charge >= 0.3 is 0 Å². The molecule has 1 aromatic carbocycles. The van der Waals surface area contributed by atoms with Crippen molar-refractivity contribution in [2.45, 2.75) is 13.8 Å². The Balaban J connectivity index is 2.54. The molecule has 0 saturated heterocycles. The summed E-state index contributed by atoms with van der Waals surface area (Å²) in [6.07, 6.45) is 0. The SMILES string of the molecule is Cc1nc(-c2cccc(Br)c2)c(C)o1. The number of aryl methyl sites for hydroxylation is 2. The predicted octanol–water partition coefficient (Wildman–Crippen LogP) is 3.72. The minimum Gasteiger partial charge on any atom is -0.446 e. The van der Waals surface area contributed by atoms with Crippen molar-refractivity contribution in [1.82, 2.24) is 4.98 Å². The second kappa shape index (κ2) is 3.58. The van der Waals surface area contributed by atoms with Crippen LogP contribution in [-0.4, -0.2) is 4.98 Å². The second-order valence-corrected chi connectivity index (χ2v) is 4.06. The molecule has 14 heavy (non-hydrogen) atoms. The summed E-state index contributed by atoms with van der Waals surface area (Å²) in [5, 5.41) is 0. The topological polar surface area (TPSA) is 26.0 Å². The van der Waals surface area contributed by atoms with E-state index in [2.05, 4.69) is 20.9 Å². The first-order valence-electron chi connectivity index (χ1n) is 4.37. The van der Waals surface area contributed by atoms with Crippen LogP contribution in [0.3, 0.4) is 0 Å². The molecule has 0 amide bonds. The van der Waals surface area contributed by atoms with Crippen molar-refractivity contribution in [2.24, 2.45) is 0 Å². The van der Waals surface area contributed by atoms with Gasteiger partial charge in [-0.25, -0.2) is 4.98 Å². The third kappa shape index (κ3) is 1.73. The highest BCUT2D eigenvalue weighted by molar-refractivity contribution is 9.10. The Bertz CT molecular complexity index is 462. The molecule has 2 nitrogen and oxygen atoms in total. The maximum Gasteiger partial charge on any atom is 0.191 e. The summed E-state index contributed by atoms with van der Waals surface area (Å²) in [5.74, 6) is 1.57. The summed E-state index contributed by atoms with van der Waals surface area (Å²) in [6.45, 7) is 3.78. The number of nitrogens with zero attached hydrogens (tertiary/aromatic N) is 1. The van der Waals surface area contributed by atoms with Gasteiger partial charge in [0.05, 0.1) is 0 Å². The highest BCUT2D eigenvalue weighted by atomic mass is 79.9. The highest BCUT2D eigenvalue weighted by Gasteiger charge is 2.08. The zero-order valence-electron chi connectivity index (χ0n) is 8.04. The molecule has 2 rings (SSSR count). The molecule has 0 bridgehead atoms. The number of halogens is 1. The van der Waals surface area contributed by atoms with Crippen LogP contribution in [0.15, 0.2) is 33.2 Å². The van der Waals surface area contributed by atoms with Crippen LogP contribution >= 0.6 is 15.9 Å². The van der Waals surface area contributed by atoms with Crippen molar-refractivity contribution in [3.8, 4) is 11.3 Å². The zero-order chi connectivity index (χ0) is 10.1. The van der Waals surface area contributed by atoms with Gasteiger partial charge in [-0.3, -0.25) is 0 Å². The van der Waals surface area contributed by atoms with E-state index in [1.165, 1.54) is 0 Å². The first kappa shape index (κ1) is 9.46. The highest BCUT2D eigenvalue weighted by Crippen LogP contribution is 2.25. The monoisotopic (exact) mass is 251 g/mol. The average Bonchev–Trinajstić information content (AvgIpc) is 2.45. The molecule has 0 atom stereocenters. The van der Waals surface area contributed by atoms with Gasteiger partial charge in [-0.05, 0) is 19.1 Å². The molecule has 1 aromatic heterocycles. The van der Waals surface area contributed by atoms with Gasteiger partial charge in [0, 0.05) is 17.0 Å². The summed E-state index contributed by atoms with van der Waals surface area (Å²) >= 11 is 3.43. The van der Waals surface area contributed by atoms with E-state index in [-0.39, 0.29) is 0 Å². The maximum absolute atomic E-state index is 5.38. The Kier molecular flexibility index (Phi) is 2.42. The molecule has 1 heterocycles. The normalized spacial score (nSPS) is 10.5. The quantitative estimate of drug-likeness (QED) is 0.773. The van der Waals surface area contributed by atoms with Crippen LogP contribution in [0.1, 0.15) is 11.7 Å². The number of aromatic nitrogens is 1. The second-order valence-electron chi connectivity index (χ2n) is 3.15. The van der Waals surface area contributed by atoms with E-state index in [1.807, 2.05) is 38.1 Å². The Morgan fingerprint density at radius 3 is 2.64 bits per heavy atom. The van der Waals surface area contributed by atoms with Crippen LogP contribution in [0.5, 0.6) is 0 Å². The summed E-state index contributed by atoms with van der Waals surface area (Å²) < 4.78 is 6.43. The molecule has 0 N–H and O–H groups in total. The molecule has 0 fully saturated rings. The van der Waals surface area contributed by atoms with Crippen LogP contribution in [0.4, 0.5) is 0 Å². The molecule has 0 radical (unpaired) electrons. The molecule has 72 valence electrons. The van der Waals surface area contributed by atoms with Crippen molar-refractivity contribution in [2.75, 3.05) is 0 Å². The Hall–Kier alpha value is -1.09. The van der Waals surface area contributed by atoms with E-state index in [9.17, 15) is 0 Å². The largest absolute Gasteiger partial charge is 0.446 e. The first-order chi connectivity index (χ1) is 6.66. The number of oxazole rings is 1. The Morgan fingerprint density at radius 1 is 1.29 bits per heavy atom. The van der Waals surface area contributed by atoms with Crippen molar-refractivity contribution < 1.29 is 4.42 Å². The van der Waals surface area contributed by atoms with Gasteiger partial charge in [0.2, 0.25) is 0 Å². The number of benzene rings is 1. The molecule has 0 unspecified atom stereocenters. The molecule has 3 heteroatoms. The fourth-order valence-corrected chi connectivity index (χ4v) is 1.83. The van der Waals surface area contributed by atoms with Crippen molar-refractivity contribution in [3.05, 3.63) is 40.4 Å². The number of rotatable bonds is 1. The maximum atomic E-state index is 5.38. The smallest absolute Gasteiger partial charge is 0.191 e. The molecule has 0 aliphatic heterocycles. The van der Waals surface area contributed by atoms with E-state index in [4.69, 9.17) is 4.42 Å². The molecule has 2 aromatic rings. The molecule has 0 aliphatic carbocycles. The standard InChI is InChI=1S/C11H10BrNO/c1-7-11(13-8(2)14-7)9-4-3-5-10(12)6-9/h3-6H,1-2H3. The molecular formula is C11H10BrNO. The van der Waals surface area contributed by atoms with Gasteiger partial charge in [-0.1, -0.05) is 28.1 Å². The van der Waals surface area contributed by atoms with E-state index >= 15 is 0 Å². The summed E-state index contributed by atoms with van der Waals surface area (Å²) in [4.78, 5) is 4.33. The molecule has 0 saturated carbocycles. The summed E-state index contributed by atoms with van der Waals surface area (Å²) in [5.41, 5.74) is 2.00. The molecule has 0 aliphatic rings. The van der Waals surface area contributed by atoms with Gasteiger partial charge in [0.15, 0.2) is 5.89 Å². The summed E-state index contributed by atoms with van der Waals surface area (Å²) in [6, 6.07) is 8.04. The molecular weight excluding hydrogens is 242 g/mol. The fraction of sp³-hybridized carbons (Fsp3) is 0.182. The summed E-state index contributed by atoms with van der Waals surface area (Å²) in [7, 11) is 0. The van der Waals surface area contributed by atoms with Gasteiger partial charge in [0.25, 0.3) is 0 Å².